The smallest absolute Gasteiger partial charge is 0.0473 e. The van der Waals surface area contributed by atoms with E-state index in [1.54, 1.807) is 0 Å². The molecule has 66 heavy (non-hydrogen) atoms. The fourth-order valence-electron chi connectivity index (χ4n) is 9.20. The van der Waals surface area contributed by atoms with Crippen molar-refractivity contribution in [3.05, 3.63) is 266 Å². The van der Waals surface area contributed by atoms with E-state index < -0.39 is 0 Å². The zero-order valence-corrected chi connectivity index (χ0v) is 37.1. The predicted molar refractivity (Wildman–Crippen MR) is 282 cm³/mol. The first-order chi connectivity index (χ1) is 32.5. The predicted octanol–water partition coefficient (Wildman–Crippen LogP) is 18.2. The molecule has 0 radical (unpaired) electrons. The topological polar surface area (TPSA) is 6.48 Å². The summed E-state index contributed by atoms with van der Waals surface area (Å²) in [5.74, 6) is 0. The van der Waals surface area contributed by atoms with Crippen LogP contribution in [0.5, 0.6) is 0 Å². The highest BCUT2D eigenvalue weighted by Crippen LogP contribution is 2.43. The maximum Gasteiger partial charge on any atom is 0.0473 e. The molecule has 0 aliphatic carbocycles. The Hall–Kier alpha value is -8.46. The molecule has 0 unspecified atom stereocenters. The fourth-order valence-corrected chi connectivity index (χ4v) is 9.20. The number of nitrogens with zero attached hydrogens (tertiary/aromatic N) is 2. The summed E-state index contributed by atoms with van der Waals surface area (Å²) in [5, 5.41) is 4.75. The summed E-state index contributed by atoms with van der Waals surface area (Å²) in [7, 11) is 0. The average molecular weight is 845 g/mol. The van der Waals surface area contributed by atoms with Crippen molar-refractivity contribution >= 4 is 55.7 Å². The molecule has 2 heteroatoms. The minimum Gasteiger partial charge on any atom is -0.310 e. The molecule has 0 bridgehead atoms. The van der Waals surface area contributed by atoms with Crippen LogP contribution >= 0.6 is 0 Å². The molecule has 314 valence electrons. The zero-order chi connectivity index (χ0) is 44.4. The molecule has 0 saturated heterocycles. The second-order valence-electron chi connectivity index (χ2n) is 17.3. The normalized spacial score (nSPS) is 11.2. The number of hydrogen-bond donors (Lipinski definition) is 0. The van der Waals surface area contributed by atoms with Gasteiger partial charge in [-0.25, -0.2) is 0 Å². The lowest BCUT2D eigenvalue weighted by atomic mass is 9.96. The molecule has 0 fully saturated rings. The number of aryl methyl sites for hydroxylation is 2. The molecule has 0 spiro atoms. The van der Waals surface area contributed by atoms with Gasteiger partial charge in [0.25, 0.3) is 0 Å². The molecule has 0 aliphatic heterocycles. The summed E-state index contributed by atoms with van der Waals surface area (Å²) in [6.07, 6.45) is 0. The Morgan fingerprint density at radius 1 is 0.197 bits per heavy atom. The molecule has 0 amide bonds. The molecule has 0 atom stereocenters. The van der Waals surface area contributed by atoms with Crippen LogP contribution in [0.4, 0.5) is 34.1 Å². The molecule has 0 N–H and O–H groups in total. The van der Waals surface area contributed by atoms with Crippen LogP contribution in [0, 0.1) is 13.8 Å². The Bertz CT molecular complexity index is 3100. The third kappa shape index (κ3) is 8.25. The van der Waals surface area contributed by atoms with Crippen molar-refractivity contribution < 1.29 is 0 Å². The van der Waals surface area contributed by atoms with E-state index >= 15 is 0 Å². The van der Waals surface area contributed by atoms with Gasteiger partial charge in [0.05, 0.1) is 0 Å². The standard InChI is InChI=1S/C64H48N2/c1-45-23-29-59(30-24-45)65(63-41-53(47-15-7-3-8-16-47)37-54(42-63)48-17-9-4-10-18-48)61-33-27-51-36-58-40-62(34-28-52(58)35-57(51)39-61)66(60-31-25-46(2)26-32-60)64-43-55(49-19-11-5-12-20-49)38-56(44-64)50-21-13-6-14-22-50/h3-44H,1-2H3. The van der Waals surface area contributed by atoms with Gasteiger partial charge in [-0.15, -0.1) is 0 Å². The van der Waals surface area contributed by atoms with Gasteiger partial charge in [-0.2, -0.15) is 0 Å². The van der Waals surface area contributed by atoms with Gasteiger partial charge in [0.15, 0.2) is 0 Å². The highest BCUT2D eigenvalue weighted by Gasteiger charge is 2.19. The summed E-state index contributed by atoms with van der Waals surface area (Å²) in [6, 6.07) is 93.0. The molecule has 0 aliphatic rings. The van der Waals surface area contributed by atoms with E-state index in [1.165, 1.54) is 77.2 Å². The largest absolute Gasteiger partial charge is 0.310 e. The highest BCUT2D eigenvalue weighted by atomic mass is 15.1. The van der Waals surface area contributed by atoms with Crippen LogP contribution in [0.3, 0.4) is 0 Å². The van der Waals surface area contributed by atoms with E-state index in [0.29, 0.717) is 0 Å². The van der Waals surface area contributed by atoms with E-state index in [-0.39, 0.29) is 0 Å². The lowest BCUT2D eigenvalue weighted by Gasteiger charge is -2.28. The molecular formula is C64H48N2. The van der Waals surface area contributed by atoms with Crippen molar-refractivity contribution in [2.24, 2.45) is 0 Å². The van der Waals surface area contributed by atoms with E-state index in [4.69, 9.17) is 0 Å². The molecule has 0 aromatic heterocycles. The summed E-state index contributed by atoms with van der Waals surface area (Å²) in [4.78, 5) is 4.80. The van der Waals surface area contributed by atoms with Crippen LogP contribution < -0.4 is 9.80 Å². The van der Waals surface area contributed by atoms with Crippen molar-refractivity contribution in [1.82, 2.24) is 0 Å². The summed E-state index contributed by atoms with van der Waals surface area (Å²) >= 11 is 0. The summed E-state index contributed by atoms with van der Waals surface area (Å²) in [5.41, 5.74) is 18.5. The molecule has 11 aromatic rings. The minimum absolute atomic E-state index is 1.10. The minimum atomic E-state index is 1.10. The third-order valence-corrected chi connectivity index (χ3v) is 12.6. The third-order valence-electron chi connectivity index (χ3n) is 12.6. The van der Waals surface area contributed by atoms with Gasteiger partial charge in [0.1, 0.15) is 0 Å². The van der Waals surface area contributed by atoms with E-state index in [9.17, 15) is 0 Å². The molecule has 11 rings (SSSR count). The molecule has 0 heterocycles. The molecule has 2 nitrogen and oxygen atoms in total. The van der Waals surface area contributed by atoms with Gasteiger partial charge in [-0.1, -0.05) is 169 Å². The van der Waals surface area contributed by atoms with Crippen molar-refractivity contribution in [1.29, 1.82) is 0 Å². The quantitative estimate of drug-likeness (QED) is 0.127. The summed E-state index contributed by atoms with van der Waals surface area (Å²) < 4.78 is 0. The molecule has 11 aromatic carbocycles. The number of benzene rings is 11. The Labute approximate surface area is 388 Å². The lowest BCUT2D eigenvalue weighted by Crippen LogP contribution is -2.10. The SMILES string of the molecule is Cc1ccc(N(c2cc(-c3ccccc3)cc(-c3ccccc3)c2)c2ccc3cc4cc(N(c5ccc(C)cc5)c5cc(-c6ccccc6)cc(-c6ccccc6)c5)ccc4cc3c2)cc1. The summed E-state index contributed by atoms with van der Waals surface area (Å²) in [6.45, 7) is 4.29. The number of fused-ring (bicyclic) bond motifs is 2. The van der Waals surface area contributed by atoms with Crippen LogP contribution in [0.2, 0.25) is 0 Å². The first-order valence-corrected chi connectivity index (χ1v) is 22.7. The Morgan fingerprint density at radius 2 is 0.485 bits per heavy atom. The van der Waals surface area contributed by atoms with E-state index in [0.717, 1.165) is 34.1 Å². The molecule has 0 saturated carbocycles. The van der Waals surface area contributed by atoms with Crippen LogP contribution in [0.25, 0.3) is 66.1 Å². The van der Waals surface area contributed by atoms with Crippen molar-refractivity contribution in [2.75, 3.05) is 9.80 Å². The second-order valence-corrected chi connectivity index (χ2v) is 17.3. The van der Waals surface area contributed by atoms with Crippen molar-refractivity contribution in [3.8, 4) is 44.5 Å². The Kier molecular flexibility index (Phi) is 10.8. The number of anilines is 6. The fraction of sp³-hybridized carbons (Fsp3) is 0.0312. The lowest BCUT2D eigenvalue weighted by molar-refractivity contribution is 1.28. The Morgan fingerprint density at radius 3 is 0.788 bits per heavy atom. The van der Waals surface area contributed by atoms with Crippen LogP contribution in [-0.2, 0) is 0 Å². The Balaban J connectivity index is 1.04. The van der Waals surface area contributed by atoms with Crippen molar-refractivity contribution in [2.45, 2.75) is 13.8 Å². The highest BCUT2D eigenvalue weighted by molar-refractivity contribution is 6.02. The zero-order valence-electron chi connectivity index (χ0n) is 37.1. The van der Waals surface area contributed by atoms with Gasteiger partial charge in [0.2, 0.25) is 0 Å². The van der Waals surface area contributed by atoms with E-state index in [1.807, 2.05) is 0 Å². The van der Waals surface area contributed by atoms with Crippen molar-refractivity contribution in [3.63, 3.8) is 0 Å². The monoisotopic (exact) mass is 844 g/mol. The number of hydrogen-bond acceptors (Lipinski definition) is 2. The van der Waals surface area contributed by atoms with Gasteiger partial charge >= 0.3 is 0 Å². The van der Waals surface area contributed by atoms with Crippen LogP contribution in [-0.4, -0.2) is 0 Å². The first-order valence-electron chi connectivity index (χ1n) is 22.7. The van der Waals surface area contributed by atoms with Gasteiger partial charge in [0, 0.05) is 34.1 Å². The maximum absolute atomic E-state index is 2.40. The molecular weight excluding hydrogens is 797 g/mol. The van der Waals surface area contributed by atoms with Gasteiger partial charge in [-0.05, 0) is 177 Å². The first kappa shape index (κ1) is 40.3. The van der Waals surface area contributed by atoms with Crippen LogP contribution in [0.1, 0.15) is 11.1 Å². The second kappa shape index (κ2) is 17.6. The maximum atomic E-state index is 2.40. The van der Waals surface area contributed by atoms with Gasteiger partial charge < -0.3 is 9.80 Å². The van der Waals surface area contributed by atoms with E-state index in [2.05, 4.69) is 278 Å². The van der Waals surface area contributed by atoms with Gasteiger partial charge in [-0.3, -0.25) is 0 Å². The van der Waals surface area contributed by atoms with Crippen LogP contribution in [0.15, 0.2) is 255 Å². The average Bonchev–Trinajstić information content (AvgIpc) is 3.38. The number of rotatable bonds is 10.